The monoisotopic (exact) mass is 484 g/mol. The highest BCUT2D eigenvalue weighted by atomic mass is 16.5. The number of hydrogen-bond acceptors (Lipinski definition) is 7. The Labute approximate surface area is 209 Å². The molecule has 5 rings (SSSR count). The Hall–Kier alpha value is -4.10. The average molecular weight is 485 g/mol. The van der Waals surface area contributed by atoms with Crippen LogP contribution in [-0.4, -0.2) is 52.3 Å². The molecular weight excluding hydrogens is 456 g/mol. The lowest BCUT2D eigenvalue weighted by Crippen LogP contribution is -2.33. The van der Waals surface area contributed by atoms with Gasteiger partial charge in [-0.15, -0.1) is 0 Å². The number of aromatic nitrogens is 1. The van der Waals surface area contributed by atoms with Gasteiger partial charge in [0.2, 0.25) is 0 Å². The fraction of sp³-hybridized carbons (Fsp3) is 0.241. The summed E-state index contributed by atoms with van der Waals surface area (Å²) < 4.78 is 11.5. The number of hydrogen-bond donors (Lipinski definition) is 2. The Bertz CT molecular complexity index is 1320. The zero-order valence-electron chi connectivity index (χ0n) is 19.9. The van der Waals surface area contributed by atoms with Gasteiger partial charge in [-0.1, -0.05) is 23.7 Å². The first-order valence-corrected chi connectivity index (χ1v) is 12.2. The zero-order valence-corrected chi connectivity index (χ0v) is 19.9. The summed E-state index contributed by atoms with van der Waals surface area (Å²) in [5.41, 5.74) is 2.24. The maximum atomic E-state index is 13.7. The lowest BCUT2D eigenvalue weighted by atomic mass is 9.95. The van der Waals surface area contributed by atoms with Crippen molar-refractivity contribution < 1.29 is 24.3 Å². The Balaban J connectivity index is 1.40. The summed E-state index contributed by atoms with van der Waals surface area (Å²) in [4.78, 5) is 16.1. The first-order chi connectivity index (χ1) is 17.6. The van der Waals surface area contributed by atoms with Crippen molar-refractivity contribution in [3.8, 4) is 39.8 Å². The van der Waals surface area contributed by atoms with Gasteiger partial charge in [0.25, 0.3) is 0 Å². The summed E-state index contributed by atoms with van der Waals surface area (Å²) in [5, 5.41) is 23.8. The van der Waals surface area contributed by atoms with Gasteiger partial charge in [0.1, 0.15) is 29.5 Å². The Morgan fingerprint density at radius 3 is 2.36 bits per heavy atom. The molecule has 2 N–H and O–H groups in total. The molecule has 7 heteroatoms. The van der Waals surface area contributed by atoms with Crippen LogP contribution in [-0.2, 0) is 0 Å². The number of rotatable bonds is 8. The normalized spacial score (nSPS) is 14.0. The SMILES string of the molecule is O=C(c1ccc(OCCN2CCCCC2)cc1)c1c(-c2cccc(O)c2)noc1-c1ccc(O)cc1. The molecule has 0 amide bonds. The van der Waals surface area contributed by atoms with Crippen molar-refractivity contribution in [1.29, 1.82) is 0 Å². The molecule has 0 atom stereocenters. The van der Waals surface area contributed by atoms with Gasteiger partial charge in [0.15, 0.2) is 11.5 Å². The molecule has 0 radical (unpaired) electrons. The van der Waals surface area contributed by atoms with Gasteiger partial charge in [-0.3, -0.25) is 9.69 Å². The van der Waals surface area contributed by atoms with E-state index in [1.54, 1.807) is 54.6 Å². The predicted molar refractivity (Wildman–Crippen MR) is 136 cm³/mol. The first kappa shape index (κ1) is 23.6. The van der Waals surface area contributed by atoms with Crippen LogP contribution in [0.3, 0.4) is 0 Å². The first-order valence-electron chi connectivity index (χ1n) is 12.2. The van der Waals surface area contributed by atoms with E-state index in [0.29, 0.717) is 40.5 Å². The van der Waals surface area contributed by atoms with Crippen molar-refractivity contribution in [2.75, 3.05) is 26.2 Å². The van der Waals surface area contributed by atoms with Crippen LogP contribution in [0, 0.1) is 0 Å². The van der Waals surface area contributed by atoms with Gasteiger partial charge >= 0.3 is 0 Å². The summed E-state index contributed by atoms with van der Waals surface area (Å²) in [7, 11) is 0. The van der Waals surface area contributed by atoms with Crippen molar-refractivity contribution in [3.05, 3.63) is 83.9 Å². The van der Waals surface area contributed by atoms with Crippen molar-refractivity contribution in [2.45, 2.75) is 19.3 Å². The van der Waals surface area contributed by atoms with E-state index in [1.165, 1.54) is 37.5 Å². The fourth-order valence-electron chi connectivity index (χ4n) is 4.48. The molecule has 0 bridgehead atoms. The van der Waals surface area contributed by atoms with Crippen molar-refractivity contribution in [2.24, 2.45) is 0 Å². The standard InChI is InChI=1S/C29H28N2O5/c32-23-11-7-21(8-12-23)29-26(27(30-36-29)22-5-4-6-24(33)19-22)28(34)20-9-13-25(14-10-20)35-18-17-31-15-2-1-3-16-31/h4-14,19,32-33H,1-3,15-18H2. The van der Waals surface area contributed by atoms with E-state index in [0.717, 1.165) is 19.6 Å². The highest BCUT2D eigenvalue weighted by Crippen LogP contribution is 2.35. The highest BCUT2D eigenvalue weighted by Gasteiger charge is 2.26. The van der Waals surface area contributed by atoms with E-state index < -0.39 is 0 Å². The second-order valence-electron chi connectivity index (χ2n) is 8.94. The fourth-order valence-corrected chi connectivity index (χ4v) is 4.48. The van der Waals surface area contributed by atoms with Crippen LogP contribution in [0.15, 0.2) is 77.3 Å². The molecular formula is C29H28N2O5. The van der Waals surface area contributed by atoms with Crippen LogP contribution < -0.4 is 4.74 Å². The summed E-state index contributed by atoms with van der Waals surface area (Å²) in [6, 6.07) is 20.0. The van der Waals surface area contributed by atoms with E-state index >= 15 is 0 Å². The third-order valence-electron chi connectivity index (χ3n) is 6.41. The molecule has 2 heterocycles. The van der Waals surface area contributed by atoms with Gasteiger partial charge in [0, 0.05) is 23.2 Å². The molecule has 4 aromatic rings. The summed E-state index contributed by atoms with van der Waals surface area (Å²) >= 11 is 0. The molecule has 36 heavy (non-hydrogen) atoms. The number of phenolic OH excluding ortho intramolecular Hbond substituents is 2. The Morgan fingerprint density at radius 1 is 0.889 bits per heavy atom. The van der Waals surface area contributed by atoms with Crippen LogP contribution in [0.5, 0.6) is 17.2 Å². The van der Waals surface area contributed by atoms with Crippen LogP contribution in [0.25, 0.3) is 22.6 Å². The number of carbonyl (C=O) groups excluding carboxylic acids is 1. The number of ketones is 1. The maximum absolute atomic E-state index is 13.7. The van der Waals surface area contributed by atoms with E-state index in [9.17, 15) is 15.0 Å². The predicted octanol–water partition coefficient (Wildman–Crippen LogP) is 5.52. The number of nitrogens with zero attached hydrogens (tertiary/aromatic N) is 2. The number of benzene rings is 3. The van der Waals surface area contributed by atoms with Gasteiger partial charge in [-0.2, -0.15) is 0 Å². The average Bonchev–Trinajstić information content (AvgIpc) is 3.35. The summed E-state index contributed by atoms with van der Waals surface area (Å²) in [6.07, 6.45) is 3.80. The molecule has 3 aromatic carbocycles. The van der Waals surface area contributed by atoms with Gasteiger partial charge in [-0.05, 0) is 86.6 Å². The molecule has 1 aliphatic heterocycles. The molecule has 1 aliphatic rings. The lowest BCUT2D eigenvalue weighted by Gasteiger charge is -2.26. The van der Waals surface area contributed by atoms with Crippen molar-refractivity contribution in [3.63, 3.8) is 0 Å². The second kappa shape index (κ2) is 10.7. The third-order valence-corrected chi connectivity index (χ3v) is 6.41. The van der Waals surface area contributed by atoms with Gasteiger partial charge < -0.3 is 19.5 Å². The highest BCUT2D eigenvalue weighted by molar-refractivity contribution is 6.15. The largest absolute Gasteiger partial charge is 0.508 e. The third kappa shape index (κ3) is 5.26. The number of piperidine rings is 1. The Morgan fingerprint density at radius 2 is 1.64 bits per heavy atom. The number of phenols is 2. The van der Waals surface area contributed by atoms with E-state index in [-0.39, 0.29) is 22.8 Å². The van der Waals surface area contributed by atoms with Crippen LogP contribution in [0.4, 0.5) is 0 Å². The topological polar surface area (TPSA) is 96.0 Å². The molecule has 1 aromatic heterocycles. The quantitative estimate of drug-likeness (QED) is 0.318. The number of carbonyl (C=O) groups is 1. The van der Waals surface area contributed by atoms with Gasteiger partial charge in [0.05, 0.1) is 5.56 Å². The molecule has 1 fully saturated rings. The van der Waals surface area contributed by atoms with Crippen molar-refractivity contribution in [1.82, 2.24) is 10.1 Å². The zero-order chi connectivity index (χ0) is 24.9. The minimum Gasteiger partial charge on any atom is -0.508 e. The number of aromatic hydroxyl groups is 2. The van der Waals surface area contributed by atoms with E-state index in [2.05, 4.69) is 10.1 Å². The minimum absolute atomic E-state index is 0.0612. The Kier molecular flexibility index (Phi) is 7.00. The second-order valence-corrected chi connectivity index (χ2v) is 8.94. The maximum Gasteiger partial charge on any atom is 0.199 e. The number of likely N-dealkylation sites (tertiary alicyclic amines) is 1. The van der Waals surface area contributed by atoms with E-state index in [1.807, 2.05) is 0 Å². The van der Waals surface area contributed by atoms with Crippen molar-refractivity contribution >= 4 is 5.78 Å². The van der Waals surface area contributed by atoms with Crippen LogP contribution >= 0.6 is 0 Å². The summed E-state index contributed by atoms with van der Waals surface area (Å²) in [5.74, 6) is 0.903. The minimum atomic E-state index is -0.266. The lowest BCUT2D eigenvalue weighted by molar-refractivity contribution is 0.103. The van der Waals surface area contributed by atoms with Crippen LogP contribution in [0.1, 0.15) is 35.2 Å². The molecule has 184 valence electrons. The molecule has 1 saturated heterocycles. The van der Waals surface area contributed by atoms with E-state index in [4.69, 9.17) is 9.26 Å². The molecule has 0 saturated carbocycles. The molecule has 0 unspecified atom stereocenters. The smallest absolute Gasteiger partial charge is 0.199 e. The van der Waals surface area contributed by atoms with Crippen LogP contribution in [0.2, 0.25) is 0 Å². The number of ether oxygens (including phenoxy) is 1. The van der Waals surface area contributed by atoms with Gasteiger partial charge in [-0.25, -0.2) is 0 Å². The molecule has 0 aliphatic carbocycles. The summed E-state index contributed by atoms with van der Waals surface area (Å²) in [6.45, 7) is 3.75. The molecule has 7 nitrogen and oxygen atoms in total. The molecule has 0 spiro atoms.